The van der Waals surface area contributed by atoms with Crippen molar-refractivity contribution in [1.82, 2.24) is 14.5 Å². The number of phosphoric ester groups is 1. The molecule has 2 aromatic rings. The van der Waals surface area contributed by atoms with Gasteiger partial charge in [0.2, 0.25) is 5.95 Å². The topological polar surface area (TPSA) is 286 Å². The zero-order valence-corrected chi connectivity index (χ0v) is 20.9. The molecule has 1 fully saturated rings. The lowest BCUT2D eigenvalue weighted by atomic mass is 9.88. The van der Waals surface area contributed by atoms with Gasteiger partial charge in [-0.3, -0.25) is 14.3 Å². The molecule has 36 heavy (non-hydrogen) atoms. The minimum absolute atomic E-state index is 0.0422. The van der Waals surface area contributed by atoms with Crippen LogP contribution < -0.4 is 11.3 Å². The standard InChI is InChI=1S/C14H22FN4O14P3/c1-13(2,31-35(26,27)33-36(28,29)32-34(23,24)25)8-7(20)14(22,5-15)11(30-8)19-4-3-6-9(19)17-12(16)18-10(6)21/h3-4,7-8,11,20,22H,5H2,1-2H3,(H,26,27)(H,28,29)(H2,23,24,25)(H3,16,17,18,21)/t7-,8-,11+,14?/m0/s1. The van der Waals surface area contributed by atoms with Crippen molar-refractivity contribution in [2.75, 3.05) is 12.4 Å². The van der Waals surface area contributed by atoms with E-state index in [2.05, 4.69) is 18.6 Å². The molecule has 0 saturated carbocycles. The van der Waals surface area contributed by atoms with Gasteiger partial charge in [0.05, 0.1) is 5.39 Å². The van der Waals surface area contributed by atoms with E-state index in [0.717, 1.165) is 18.4 Å². The van der Waals surface area contributed by atoms with Crippen LogP contribution in [0.1, 0.15) is 20.1 Å². The van der Waals surface area contributed by atoms with Crippen molar-refractivity contribution in [3.05, 3.63) is 22.6 Å². The molecular formula is C14H22FN4O14P3. The SMILES string of the molecule is CC(C)(OP(=O)(O)OP(=O)(O)OP(=O)(O)O)[C@H]1O[C@@H](n2ccc3c(=O)[nH]c(N)nc32)C(O)(CF)[C@H]1O. The third-order valence-electron chi connectivity index (χ3n) is 5.02. The molecule has 3 heterocycles. The van der Waals surface area contributed by atoms with Crippen molar-refractivity contribution >= 4 is 40.4 Å². The number of aliphatic hydroxyl groups is 2. The monoisotopic (exact) mass is 582 g/mol. The number of hydrogen-bond donors (Lipinski definition) is 8. The average Bonchev–Trinajstić information content (AvgIpc) is 3.17. The summed E-state index contributed by atoms with van der Waals surface area (Å²) in [6.07, 6.45) is -4.68. The van der Waals surface area contributed by atoms with Crippen LogP contribution in [0.3, 0.4) is 0 Å². The third-order valence-corrected chi connectivity index (χ3v) is 9.05. The molecular weight excluding hydrogens is 560 g/mol. The van der Waals surface area contributed by atoms with E-state index in [1.165, 1.54) is 12.3 Å². The number of aromatic nitrogens is 3. The Morgan fingerprint density at radius 1 is 1.25 bits per heavy atom. The Balaban J connectivity index is 1.94. The molecule has 1 saturated heterocycles. The summed E-state index contributed by atoms with van der Waals surface area (Å²) in [5.74, 6) is -0.334. The van der Waals surface area contributed by atoms with E-state index in [1.807, 2.05) is 0 Å². The van der Waals surface area contributed by atoms with Gasteiger partial charge in [-0.1, -0.05) is 0 Å². The lowest BCUT2D eigenvalue weighted by Crippen LogP contribution is -2.53. The second-order valence-corrected chi connectivity index (χ2v) is 12.5. The summed E-state index contributed by atoms with van der Waals surface area (Å²) in [6.45, 7) is 0.322. The average molecular weight is 582 g/mol. The minimum Gasteiger partial charge on any atom is -0.387 e. The molecule has 204 valence electrons. The van der Waals surface area contributed by atoms with Gasteiger partial charge < -0.3 is 44.8 Å². The third kappa shape index (κ3) is 5.79. The summed E-state index contributed by atoms with van der Waals surface area (Å²) >= 11 is 0. The highest BCUT2D eigenvalue weighted by atomic mass is 31.3. The largest absolute Gasteiger partial charge is 0.490 e. The second-order valence-electron chi connectivity index (χ2n) is 8.18. The second kappa shape index (κ2) is 9.32. The van der Waals surface area contributed by atoms with Crippen LogP contribution in [-0.2, 0) is 31.6 Å². The molecule has 0 aromatic carbocycles. The number of alkyl halides is 1. The van der Waals surface area contributed by atoms with Crippen molar-refractivity contribution in [2.45, 2.75) is 43.5 Å². The highest BCUT2D eigenvalue weighted by Crippen LogP contribution is 2.67. The molecule has 0 spiro atoms. The van der Waals surface area contributed by atoms with E-state index in [1.54, 1.807) is 0 Å². The Bertz CT molecular complexity index is 1360. The molecule has 1 aliphatic rings. The Hall–Kier alpha value is -1.56. The van der Waals surface area contributed by atoms with Crippen LogP contribution in [0.2, 0.25) is 0 Å². The van der Waals surface area contributed by atoms with Crippen LogP contribution in [0, 0.1) is 0 Å². The van der Waals surface area contributed by atoms with Gasteiger partial charge in [0.25, 0.3) is 5.56 Å². The van der Waals surface area contributed by atoms with E-state index in [9.17, 15) is 42.9 Å². The van der Waals surface area contributed by atoms with E-state index in [4.69, 9.17) is 24.8 Å². The molecule has 0 aliphatic carbocycles. The lowest BCUT2D eigenvalue weighted by molar-refractivity contribution is -0.125. The Labute approximate surface area is 199 Å². The highest BCUT2D eigenvalue weighted by Gasteiger charge is 2.62. The molecule has 3 rings (SSSR count). The first-order valence-electron chi connectivity index (χ1n) is 9.54. The zero-order chi connectivity index (χ0) is 27.5. The van der Waals surface area contributed by atoms with Crippen molar-refractivity contribution in [1.29, 1.82) is 0 Å². The summed E-state index contributed by atoms with van der Waals surface area (Å²) in [6, 6.07) is 1.24. The van der Waals surface area contributed by atoms with Gasteiger partial charge in [-0.05, 0) is 19.9 Å². The predicted octanol–water partition coefficient (Wildman–Crippen LogP) is -0.612. The van der Waals surface area contributed by atoms with Gasteiger partial charge in [-0.15, -0.1) is 0 Å². The first-order valence-corrected chi connectivity index (χ1v) is 14.1. The number of phosphoric acid groups is 3. The number of nitrogens with one attached hydrogen (secondary N) is 1. The summed E-state index contributed by atoms with van der Waals surface area (Å²) in [5, 5.41) is 21.6. The maximum atomic E-state index is 14.1. The number of H-pyrrole nitrogens is 1. The van der Waals surface area contributed by atoms with E-state index >= 15 is 0 Å². The van der Waals surface area contributed by atoms with Crippen molar-refractivity contribution in [3.63, 3.8) is 0 Å². The van der Waals surface area contributed by atoms with Gasteiger partial charge >= 0.3 is 23.5 Å². The predicted molar refractivity (Wildman–Crippen MR) is 115 cm³/mol. The number of fused-ring (bicyclic) bond motifs is 1. The summed E-state index contributed by atoms with van der Waals surface area (Å²) in [4.78, 5) is 54.6. The van der Waals surface area contributed by atoms with Crippen LogP contribution in [0.5, 0.6) is 0 Å². The zero-order valence-electron chi connectivity index (χ0n) is 18.2. The number of aromatic amines is 1. The molecule has 18 nitrogen and oxygen atoms in total. The van der Waals surface area contributed by atoms with Gasteiger partial charge in [0, 0.05) is 6.20 Å². The normalized spacial score (nSPS) is 28.8. The number of hydrogen-bond acceptors (Lipinski definition) is 12. The first kappa shape index (κ1) is 29.0. The Morgan fingerprint density at radius 3 is 2.42 bits per heavy atom. The fraction of sp³-hybridized carbons (Fsp3) is 0.571. The number of halogens is 1. The van der Waals surface area contributed by atoms with E-state index in [-0.39, 0.29) is 17.0 Å². The first-order chi connectivity index (χ1) is 16.2. The number of aliphatic hydroxyl groups excluding tert-OH is 1. The number of rotatable bonds is 9. The Morgan fingerprint density at radius 2 is 1.86 bits per heavy atom. The molecule has 6 atom stereocenters. The number of nitrogen functional groups attached to an aromatic ring is 1. The van der Waals surface area contributed by atoms with Gasteiger partial charge in [0.15, 0.2) is 17.5 Å². The highest BCUT2D eigenvalue weighted by molar-refractivity contribution is 7.66. The fourth-order valence-electron chi connectivity index (χ4n) is 3.63. The van der Waals surface area contributed by atoms with Crippen LogP contribution >= 0.6 is 23.5 Å². The van der Waals surface area contributed by atoms with Crippen LogP contribution in [0.15, 0.2) is 17.1 Å². The van der Waals surface area contributed by atoms with Crippen LogP contribution in [-0.4, -0.2) is 74.4 Å². The van der Waals surface area contributed by atoms with Crippen LogP contribution in [0.25, 0.3) is 11.0 Å². The lowest BCUT2D eigenvalue weighted by Gasteiger charge is -2.34. The molecule has 0 amide bonds. The maximum absolute atomic E-state index is 14.1. The molecule has 22 heteroatoms. The number of nitrogens with zero attached hydrogens (tertiary/aromatic N) is 2. The number of ether oxygens (including phenoxy) is 1. The van der Waals surface area contributed by atoms with Crippen molar-refractivity contribution < 1.29 is 65.8 Å². The van der Waals surface area contributed by atoms with E-state index < -0.39 is 65.3 Å². The molecule has 0 radical (unpaired) electrons. The Kier molecular flexibility index (Phi) is 7.51. The van der Waals surface area contributed by atoms with Gasteiger partial charge in [-0.2, -0.15) is 13.6 Å². The molecule has 1 aliphatic heterocycles. The molecule has 2 aromatic heterocycles. The maximum Gasteiger partial charge on any atom is 0.490 e. The van der Waals surface area contributed by atoms with Gasteiger partial charge in [-0.25, -0.2) is 18.1 Å². The number of nitrogens with two attached hydrogens (primary N) is 1. The molecule has 0 bridgehead atoms. The molecule has 3 unspecified atom stereocenters. The minimum atomic E-state index is -5.86. The van der Waals surface area contributed by atoms with Crippen molar-refractivity contribution in [3.8, 4) is 0 Å². The van der Waals surface area contributed by atoms with Gasteiger partial charge in [0.1, 0.15) is 24.5 Å². The summed E-state index contributed by atoms with van der Waals surface area (Å²) in [5.41, 5.74) is -0.290. The summed E-state index contributed by atoms with van der Waals surface area (Å²) in [7, 11) is -17.2. The molecule has 9 N–H and O–H groups in total. The number of anilines is 1. The quantitative estimate of drug-likeness (QED) is 0.171. The van der Waals surface area contributed by atoms with Crippen molar-refractivity contribution in [2.24, 2.45) is 0 Å². The van der Waals surface area contributed by atoms with E-state index in [0.29, 0.717) is 0 Å². The fourth-order valence-corrected chi connectivity index (χ4v) is 6.97. The van der Waals surface area contributed by atoms with Crippen LogP contribution in [0.4, 0.5) is 10.3 Å². The summed E-state index contributed by atoms with van der Waals surface area (Å²) < 4.78 is 67.3. The smallest absolute Gasteiger partial charge is 0.387 e.